The highest BCUT2D eigenvalue weighted by Gasteiger charge is 2.22. The Morgan fingerprint density at radius 1 is 1.24 bits per heavy atom. The Morgan fingerprint density at radius 2 is 2.00 bits per heavy atom. The molecule has 118 valence electrons. The van der Waals surface area contributed by atoms with Gasteiger partial charge in [0.25, 0.3) is 0 Å². The van der Waals surface area contributed by atoms with Crippen molar-refractivity contribution in [3.8, 4) is 0 Å². The summed E-state index contributed by atoms with van der Waals surface area (Å²) in [5, 5.41) is 3.69. The predicted octanol–water partition coefficient (Wildman–Crippen LogP) is 3.29. The minimum absolute atomic E-state index is 0.530. The number of hydrogen-bond donors (Lipinski definition) is 1. The maximum Gasteiger partial charge on any atom is 0.0641 e. The average Bonchev–Trinajstić information content (AvgIpc) is 2.63. The molecule has 0 amide bonds. The van der Waals surface area contributed by atoms with Crippen LogP contribution in [-0.2, 0) is 11.3 Å². The van der Waals surface area contributed by atoms with Crippen molar-refractivity contribution in [1.29, 1.82) is 0 Å². The lowest BCUT2D eigenvalue weighted by atomic mass is 10.0. The summed E-state index contributed by atoms with van der Waals surface area (Å²) in [6.45, 7) is 13.6. The number of nitrogens with one attached hydrogen (secondary N) is 1. The molecule has 1 unspecified atom stereocenters. The first-order valence-corrected chi connectivity index (χ1v) is 8.22. The van der Waals surface area contributed by atoms with Gasteiger partial charge in [0.1, 0.15) is 0 Å². The summed E-state index contributed by atoms with van der Waals surface area (Å²) in [7, 11) is 0. The van der Waals surface area contributed by atoms with Gasteiger partial charge >= 0.3 is 0 Å². The van der Waals surface area contributed by atoms with Gasteiger partial charge in [-0.25, -0.2) is 0 Å². The highest BCUT2D eigenvalue weighted by molar-refractivity contribution is 5.54. The first-order chi connectivity index (χ1) is 10.1. The zero-order chi connectivity index (χ0) is 15.2. The van der Waals surface area contributed by atoms with Crippen molar-refractivity contribution in [2.24, 2.45) is 11.8 Å². The molecular weight excluding hydrogens is 260 g/mol. The van der Waals surface area contributed by atoms with Crippen molar-refractivity contribution in [3.05, 3.63) is 29.8 Å². The molecule has 2 rings (SSSR count). The van der Waals surface area contributed by atoms with Crippen LogP contribution >= 0.6 is 0 Å². The summed E-state index contributed by atoms with van der Waals surface area (Å²) in [5.74, 6) is 1.24. The van der Waals surface area contributed by atoms with Gasteiger partial charge < -0.3 is 15.0 Å². The molecule has 1 heterocycles. The quantitative estimate of drug-likeness (QED) is 0.814. The minimum atomic E-state index is 0.530. The lowest BCUT2D eigenvalue weighted by Crippen LogP contribution is -2.42. The van der Waals surface area contributed by atoms with E-state index in [0.717, 1.165) is 32.8 Å². The van der Waals surface area contributed by atoms with Crippen LogP contribution in [0.1, 0.15) is 33.3 Å². The Bertz CT molecular complexity index is 431. The Labute approximate surface area is 129 Å². The highest BCUT2D eigenvalue weighted by atomic mass is 16.5. The molecule has 3 nitrogen and oxygen atoms in total. The van der Waals surface area contributed by atoms with E-state index in [1.54, 1.807) is 0 Å². The van der Waals surface area contributed by atoms with Gasteiger partial charge in [0.05, 0.1) is 6.61 Å². The number of ether oxygens (including phenoxy) is 1. The lowest BCUT2D eigenvalue weighted by molar-refractivity contribution is 0.115. The van der Waals surface area contributed by atoms with Crippen LogP contribution in [0.15, 0.2) is 24.3 Å². The molecule has 1 aromatic carbocycles. The molecule has 0 spiro atoms. The molecule has 1 aliphatic rings. The Kier molecular flexibility index (Phi) is 6.07. The molecule has 1 aromatic rings. The molecule has 21 heavy (non-hydrogen) atoms. The molecule has 0 aliphatic carbocycles. The number of hydrogen-bond acceptors (Lipinski definition) is 3. The molecule has 1 aliphatic heterocycles. The van der Waals surface area contributed by atoms with Crippen LogP contribution in [0, 0.1) is 11.8 Å². The second-order valence-corrected chi connectivity index (χ2v) is 6.77. The monoisotopic (exact) mass is 290 g/mol. The topological polar surface area (TPSA) is 24.5 Å². The summed E-state index contributed by atoms with van der Waals surface area (Å²) < 4.78 is 5.79. The normalized spacial score (nSPS) is 19.0. The Morgan fingerprint density at radius 3 is 2.71 bits per heavy atom. The van der Waals surface area contributed by atoms with Gasteiger partial charge in [-0.2, -0.15) is 0 Å². The van der Waals surface area contributed by atoms with E-state index in [1.165, 1.54) is 11.3 Å². The fraction of sp³-hybridized carbons (Fsp3) is 0.667. The molecule has 0 bridgehead atoms. The van der Waals surface area contributed by atoms with Crippen LogP contribution in [0.25, 0.3) is 0 Å². The third kappa shape index (κ3) is 4.72. The molecular formula is C18H30N2O. The number of anilines is 1. The fourth-order valence-electron chi connectivity index (χ4n) is 2.76. The summed E-state index contributed by atoms with van der Waals surface area (Å²) in [5.41, 5.74) is 2.76. The van der Waals surface area contributed by atoms with Gasteiger partial charge in [-0.15, -0.1) is 0 Å². The van der Waals surface area contributed by atoms with Crippen LogP contribution < -0.4 is 10.2 Å². The van der Waals surface area contributed by atoms with Gasteiger partial charge in [-0.05, 0) is 23.5 Å². The Balaban J connectivity index is 2.03. The van der Waals surface area contributed by atoms with Crippen molar-refractivity contribution < 1.29 is 4.74 Å². The Hall–Kier alpha value is -1.06. The molecule has 1 N–H and O–H groups in total. The molecule has 1 atom stereocenters. The van der Waals surface area contributed by atoms with E-state index >= 15 is 0 Å². The number of para-hydroxylation sites is 1. The molecule has 0 fully saturated rings. The zero-order valence-electron chi connectivity index (χ0n) is 13.9. The molecule has 0 radical (unpaired) electrons. The van der Waals surface area contributed by atoms with E-state index in [4.69, 9.17) is 4.74 Å². The van der Waals surface area contributed by atoms with E-state index in [1.807, 2.05) is 0 Å². The van der Waals surface area contributed by atoms with Gasteiger partial charge in [0, 0.05) is 38.0 Å². The SMILES string of the molecule is CC(C)COCCN1CC(C(C)C)NCc2ccccc21. The van der Waals surface area contributed by atoms with Crippen molar-refractivity contribution in [1.82, 2.24) is 5.32 Å². The summed E-state index contributed by atoms with van der Waals surface area (Å²) in [6, 6.07) is 9.26. The first kappa shape index (κ1) is 16.3. The van der Waals surface area contributed by atoms with Crippen LogP contribution in [0.5, 0.6) is 0 Å². The van der Waals surface area contributed by atoms with Gasteiger partial charge in [0.15, 0.2) is 0 Å². The average molecular weight is 290 g/mol. The van der Waals surface area contributed by atoms with E-state index in [2.05, 4.69) is 62.2 Å². The van der Waals surface area contributed by atoms with Gasteiger partial charge in [0.2, 0.25) is 0 Å². The second kappa shape index (κ2) is 7.81. The molecule has 0 saturated heterocycles. The van der Waals surface area contributed by atoms with E-state index in [0.29, 0.717) is 17.9 Å². The second-order valence-electron chi connectivity index (χ2n) is 6.77. The maximum absolute atomic E-state index is 5.79. The van der Waals surface area contributed by atoms with Crippen molar-refractivity contribution in [2.45, 2.75) is 40.3 Å². The van der Waals surface area contributed by atoms with E-state index in [9.17, 15) is 0 Å². The molecule has 3 heteroatoms. The molecule has 0 aromatic heterocycles. The highest BCUT2D eigenvalue weighted by Crippen LogP contribution is 2.24. The van der Waals surface area contributed by atoms with Crippen molar-refractivity contribution >= 4 is 5.69 Å². The van der Waals surface area contributed by atoms with Crippen LogP contribution in [0.2, 0.25) is 0 Å². The number of rotatable bonds is 6. The summed E-state index contributed by atoms with van der Waals surface area (Å²) in [4.78, 5) is 2.49. The third-order valence-corrected chi connectivity index (χ3v) is 4.07. The zero-order valence-corrected chi connectivity index (χ0v) is 13.9. The number of nitrogens with zero attached hydrogens (tertiary/aromatic N) is 1. The summed E-state index contributed by atoms with van der Waals surface area (Å²) >= 11 is 0. The standard InChI is InChI=1S/C18H30N2O/c1-14(2)13-21-10-9-20-12-17(15(3)4)19-11-16-7-5-6-8-18(16)20/h5-8,14-15,17,19H,9-13H2,1-4H3. The summed E-state index contributed by atoms with van der Waals surface area (Å²) in [6.07, 6.45) is 0. The number of fused-ring (bicyclic) bond motifs is 1. The minimum Gasteiger partial charge on any atom is -0.379 e. The smallest absolute Gasteiger partial charge is 0.0641 e. The largest absolute Gasteiger partial charge is 0.379 e. The third-order valence-electron chi connectivity index (χ3n) is 4.07. The van der Waals surface area contributed by atoms with E-state index in [-0.39, 0.29) is 0 Å². The predicted molar refractivity (Wildman–Crippen MR) is 89.8 cm³/mol. The molecule has 0 saturated carbocycles. The van der Waals surface area contributed by atoms with Gasteiger partial charge in [-0.3, -0.25) is 0 Å². The van der Waals surface area contributed by atoms with Crippen LogP contribution in [0.3, 0.4) is 0 Å². The van der Waals surface area contributed by atoms with Gasteiger partial charge in [-0.1, -0.05) is 45.9 Å². The number of benzene rings is 1. The lowest BCUT2D eigenvalue weighted by Gasteiger charge is -2.29. The maximum atomic E-state index is 5.79. The van der Waals surface area contributed by atoms with Crippen molar-refractivity contribution in [3.63, 3.8) is 0 Å². The fourth-order valence-corrected chi connectivity index (χ4v) is 2.76. The van der Waals surface area contributed by atoms with Crippen LogP contribution in [-0.4, -0.2) is 32.3 Å². The van der Waals surface area contributed by atoms with Crippen molar-refractivity contribution in [2.75, 3.05) is 31.2 Å². The van der Waals surface area contributed by atoms with E-state index < -0.39 is 0 Å². The van der Waals surface area contributed by atoms with Crippen LogP contribution in [0.4, 0.5) is 5.69 Å². The first-order valence-electron chi connectivity index (χ1n) is 8.22.